The number of carbonyl (C=O) groups excluding carboxylic acids is 2. The van der Waals surface area contributed by atoms with Gasteiger partial charge >= 0.3 is 5.97 Å². The SMILES string of the molecule is O=C(O)CNC(=O)C(=O)c1c[nH]c2cc(F)ccc12. The van der Waals surface area contributed by atoms with Crippen LogP contribution >= 0.6 is 0 Å². The Morgan fingerprint density at radius 1 is 1.32 bits per heavy atom. The lowest BCUT2D eigenvalue weighted by Gasteiger charge is -2.00. The molecule has 0 aliphatic rings. The summed E-state index contributed by atoms with van der Waals surface area (Å²) in [7, 11) is 0. The standard InChI is InChI=1S/C12H9FN2O4/c13-6-1-2-7-8(4-14-9(7)3-6)11(18)12(19)15-5-10(16)17/h1-4,14H,5H2,(H,15,19)(H,16,17). The summed E-state index contributed by atoms with van der Waals surface area (Å²) in [6.45, 7) is -0.637. The van der Waals surface area contributed by atoms with E-state index in [4.69, 9.17) is 5.11 Å². The summed E-state index contributed by atoms with van der Waals surface area (Å²) in [5.41, 5.74) is 0.451. The van der Waals surface area contributed by atoms with Crippen LogP contribution in [0.4, 0.5) is 4.39 Å². The van der Waals surface area contributed by atoms with Crippen molar-refractivity contribution in [3.05, 3.63) is 35.8 Å². The van der Waals surface area contributed by atoms with Crippen molar-refractivity contribution in [3.63, 3.8) is 0 Å². The number of carboxylic acid groups (broad SMARTS) is 1. The van der Waals surface area contributed by atoms with Crippen LogP contribution in [-0.2, 0) is 9.59 Å². The number of aromatic amines is 1. The van der Waals surface area contributed by atoms with Gasteiger partial charge < -0.3 is 15.4 Å². The molecular weight excluding hydrogens is 255 g/mol. The third-order valence-corrected chi connectivity index (χ3v) is 2.49. The van der Waals surface area contributed by atoms with Crippen LogP contribution in [0.15, 0.2) is 24.4 Å². The number of aromatic nitrogens is 1. The van der Waals surface area contributed by atoms with Crippen LogP contribution < -0.4 is 5.32 Å². The number of ketones is 1. The van der Waals surface area contributed by atoms with Crippen molar-refractivity contribution in [2.24, 2.45) is 0 Å². The predicted octanol–water partition coefficient (Wildman–Crippen LogP) is 0.690. The molecular formula is C12H9FN2O4. The Balaban J connectivity index is 2.26. The maximum absolute atomic E-state index is 13.0. The molecule has 0 radical (unpaired) electrons. The van der Waals surface area contributed by atoms with Crippen LogP contribution in [0.2, 0.25) is 0 Å². The van der Waals surface area contributed by atoms with E-state index in [0.717, 1.165) is 0 Å². The maximum atomic E-state index is 13.0. The van der Waals surface area contributed by atoms with Crippen molar-refractivity contribution >= 4 is 28.6 Å². The van der Waals surface area contributed by atoms with Gasteiger partial charge in [-0.15, -0.1) is 0 Å². The summed E-state index contributed by atoms with van der Waals surface area (Å²) in [6, 6.07) is 3.74. The van der Waals surface area contributed by atoms with Crippen molar-refractivity contribution in [3.8, 4) is 0 Å². The topological polar surface area (TPSA) is 99.3 Å². The van der Waals surface area contributed by atoms with Crippen LogP contribution in [-0.4, -0.2) is 34.3 Å². The van der Waals surface area contributed by atoms with Crippen molar-refractivity contribution in [2.45, 2.75) is 0 Å². The molecule has 0 aliphatic carbocycles. The zero-order valence-electron chi connectivity index (χ0n) is 9.57. The summed E-state index contributed by atoms with van der Waals surface area (Å²) < 4.78 is 13.0. The second-order valence-electron chi connectivity index (χ2n) is 3.80. The first-order valence-corrected chi connectivity index (χ1v) is 5.30. The number of nitrogens with one attached hydrogen (secondary N) is 2. The number of rotatable bonds is 4. The van der Waals surface area contributed by atoms with E-state index in [1.165, 1.54) is 24.4 Å². The molecule has 19 heavy (non-hydrogen) atoms. The van der Waals surface area contributed by atoms with E-state index in [1.54, 1.807) is 0 Å². The Bertz CT molecular complexity index is 677. The fourth-order valence-corrected chi connectivity index (χ4v) is 1.64. The fourth-order valence-electron chi connectivity index (χ4n) is 1.64. The number of halogens is 1. The molecule has 0 saturated heterocycles. The van der Waals surface area contributed by atoms with E-state index in [1.807, 2.05) is 5.32 Å². The highest BCUT2D eigenvalue weighted by atomic mass is 19.1. The van der Waals surface area contributed by atoms with Crippen LogP contribution in [0, 0.1) is 5.82 Å². The molecule has 3 N–H and O–H groups in total. The zero-order chi connectivity index (χ0) is 14.0. The number of H-pyrrole nitrogens is 1. The van der Waals surface area contributed by atoms with Crippen LogP contribution in [0.25, 0.3) is 10.9 Å². The number of fused-ring (bicyclic) bond motifs is 1. The first kappa shape index (κ1) is 12.7. The monoisotopic (exact) mass is 264 g/mol. The van der Waals surface area contributed by atoms with E-state index in [-0.39, 0.29) is 5.56 Å². The minimum Gasteiger partial charge on any atom is -0.480 e. The molecule has 0 saturated carbocycles. The molecule has 2 aromatic rings. The minimum atomic E-state index is -1.25. The van der Waals surface area contributed by atoms with E-state index in [0.29, 0.717) is 10.9 Å². The fraction of sp³-hybridized carbons (Fsp3) is 0.0833. The third-order valence-electron chi connectivity index (χ3n) is 2.49. The van der Waals surface area contributed by atoms with Gasteiger partial charge in [0.1, 0.15) is 12.4 Å². The van der Waals surface area contributed by atoms with Gasteiger partial charge in [-0.1, -0.05) is 0 Å². The number of amides is 1. The van der Waals surface area contributed by atoms with Gasteiger partial charge in [0.2, 0.25) is 0 Å². The lowest BCUT2D eigenvalue weighted by molar-refractivity contribution is -0.137. The smallest absolute Gasteiger partial charge is 0.322 e. The molecule has 0 aliphatic heterocycles. The Morgan fingerprint density at radius 3 is 2.74 bits per heavy atom. The molecule has 1 aromatic heterocycles. The zero-order valence-corrected chi connectivity index (χ0v) is 9.57. The molecule has 6 nitrogen and oxygen atoms in total. The van der Waals surface area contributed by atoms with Crippen molar-refractivity contribution < 1.29 is 23.9 Å². The third kappa shape index (κ3) is 2.59. The molecule has 2 rings (SSSR count). The lowest BCUT2D eigenvalue weighted by Crippen LogP contribution is -2.34. The summed E-state index contributed by atoms with van der Waals surface area (Å²) in [4.78, 5) is 36.2. The summed E-state index contributed by atoms with van der Waals surface area (Å²) in [5, 5.41) is 10.8. The molecule has 1 heterocycles. The molecule has 0 atom stereocenters. The number of hydrogen-bond donors (Lipinski definition) is 3. The second kappa shape index (κ2) is 4.89. The summed E-state index contributed by atoms with van der Waals surface area (Å²) in [6.07, 6.45) is 1.28. The van der Waals surface area contributed by atoms with E-state index >= 15 is 0 Å². The van der Waals surface area contributed by atoms with Gasteiger partial charge in [-0.05, 0) is 18.2 Å². The quantitative estimate of drug-likeness (QED) is 0.558. The number of carboxylic acids is 1. The molecule has 0 spiro atoms. The largest absolute Gasteiger partial charge is 0.480 e. The number of benzene rings is 1. The van der Waals surface area contributed by atoms with E-state index in [9.17, 15) is 18.8 Å². The highest BCUT2D eigenvalue weighted by Crippen LogP contribution is 2.19. The highest BCUT2D eigenvalue weighted by Gasteiger charge is 2.20. The van der Waals surface area contributed by atoms with Crippen LogP contribution in [0.1, 0.15) is 10.4 Å². The van der Waals surface area contributed by atoms with Crippen molar-refractivity contribution in [2.75, 3.05) is 6.54 Å². The van der Waals surface area contributed by atoms with Gasteiger partial charge in [-0.25, -0.2) is 4.39 Å². The Kier molecular flexibility index (Phi) is 3.28. The Morgan fingerprint density at radius 2 is 2.05 bits per heavy atom. The average molecular weight is 264 g/mol. The van der Waals surface area contributed by atoms with Gasteiger partial charge in [-0.3, -0.25) is 14.4 Å². The average Bonchev–Trinajstić information content (AvgIpc) is 2.77. The van der Waals surface area contributed by atoms with Gasteiger partial charge in [0.05, 0.1) is 5.56 Å². The maximum Gasteiger partial charge on any atom is 0.322 e. The van der Waals surface area contributed by atoms with Crippen molar-refractivity contribution in [1.29, 1.82) is 0 Å². The van der Waals surface area contributed by atoms with Crippen molar-refractivity contribution in [1.82, 2.24) is 10.3 Å². The second-order valence-corrected chi connectivity index (χ2v) is 3.80. The van der Waals surface area contributed by atoms with E-state index < -0.39 is 30.0 Å². The van der Waals surface area contributed by atoms with Gasteiger partial charge in [0.15, 0.2) is 0 Å². The van der Waals surface area contributed by atoms with Crippen LogP contribution in [0.3, 0.4) is 0 Å². The number of hydrogen-bond acceptors (Lipinski definition) is 3. The first-order chi connectivity index (χ1) is 8.99. The number of aliphatic carboxylic acids is 1. The molecule has 1 amide bonds. The molecule has 0 fully saturated rings. The Labute approximate surface area is 106 Å². The van der Waals surface area contributed by atoms with Gasteiger partial charge in [-0.2, -0.15) is 0 Å². The molecule has 0 unspecified atom stereocenters. The Hall–Kier alpha value is -2.70. The normalized spacial score (nSPS) is 10.4. The lowest BCUT2D eigenvalue weighted by atomic mass is 10.1. The highest BCUT2D eigenvalue weighted by molar-refractivity contribution is 6.45. The van der Waals surface area contributed by atoms with Gasteiger partial charge in [0, 0.05) is 17.1 Å². The van der Waals surface area contributed by atoms with E-state index in [2.05, 4.69) is 4.98 Å². The predicted molar refractivity (Wildman–Crippen MR) is 63.2 cm³/mol. The minimum absolute atomic E-state index is 0.0675. The number of carbonyl (C=O) groups is 3. The summed E-state index contributed by atoms with van der Waals surface area (Å²) in [5.74, 6) is -3.61. The first-order valence-electron chi connectivity index (χ1n) is 5.30. The van der Waals surface area contributed by atoms with Gasteiger partial charge in [0.25, 0.3) is 11.7 Å². The van der Waals surface area contributed by atoms with Crippen LogP contribution in [0.5, 0.6) is 0 Å². The molecule has 7 heteroatoms. The molecule has 0 bridgehead atoms. The number of Topliss-reactive ketones (excluding diaryl/α,β-unsaturated/α-hetero) is 1. The molecule has 1 aromatic carbocycles. The summed E-state index contributed by atoms with van der Waals surface area (Å²) >= 11 is 0. The molecule has 98 valence electrons.